The standard InChI is InChI=1S/C13H20N2O2S/c1-8-4-5-12(18-8)9(2)15(3)13(16)10-6-17-7-11(10)14/h4-5,9-11H,6-7,14H2,1-3H3. The summed E-state index contributed by atoms with van der Waals surface area (Å²) in [7, 11) is 1.84. The smallest absolute Gasteiger partial charge is 0.229 e. The first kappa shape index (κ1) is 13.5. The zero-order chi connectivity index (χ0) is 13.3. The molecule has 0 bridgehead atoms. The molecule has 1 aromatic rings. The van der Waals surface area contributed by atoms with E-state index in [1.165, 1.54) is 9.75 Å². The number of amides is 1. The second-order valence-electron chi connectivity index (χ2n) is 4.88. The quantitative estimate of drug-likeness (QED) is 0.905. The van der Waals surface area contributed by atoms with Crippen LogP contribution in [0.2, 0.25) is 0 Å². The summed E-state index contributed by atoms with van der Waals surface area (Å²) < 4.78 is 5.26. The van der Waals surface area contributed by atoms with Crippen LogP contribution in [0.1, 0.15) is 22.7 Å². The summed E-state index contributed by atoms with van der Waals surface area (Å²) in [6.07, 6.45) is 0. The molecule has 2 rings (SSSR count). The summed E-state index contributed by atoms with van der Waals surface area (Å²) in [6, 6.07) is 4.08. The van der Waals surface area contributed by atoms with Crippen LogP contribution in [0, 0.1) is 12.8 Å². The summed E-state index contributed by atoms with van der Waals surface area (Å²) in [6.45, 7) is 5.05. The van der Waals surface area contributed by atoms with Gasteiger partial charge in [-0.15, -0.1) is 11.3 Å². The molecule has 1 aromatic heterocycles. The molecule has 0 aliphatic carbocycles. The minimum Gasteiger partial charge on any atom is -0.379 e. The zero-order valence-corrected chi connectivity index (χ0v) is 11.9. The molecule has 1 aliphatic rings. The first-order valence-corrected chi connectivity index (χ1v) is 6.98. The molecule has 0 saturated carbocycles. The van der Waals surface area contributed by atoms with Crippen molar-refractivity contribution in [2.75, 3.05) is 20.3 Å². The molecule has 5 heteroatoms. The predicted molar refractivity (Wildman–Crippen MR) is 72.5 cm³/mol. The van der Waals surface area contributed by atoms with Gasteiger partial charge in [0.1, 0.15) is 0 Å². The highest BCUT2D eigenvalue weighted by molar-refractivity contribution is 7.12. The molecule has 1 amide bonds. The maximum atomic E-state index is 12.3. The Morgan fingerprint density at radius 1 is 1.56 bits per heavy atom. The van der Waals surface area contributed by atoms with Crippen molar-refractivity contribution in [3.8, 4) is 0 Å². The zero-order valence-electron chi connectivity index (χ0n) is 11.1. The van der Waals surface area contributed by atoms with Gasteiger partial charge in [0.05, 0.1) is 25.2 Å². The number of nitrogens with zero attached hydrogens (tertiary/aromatic N) is 1. The third-order valence-electron chi connectivity index (χ3n) is 3.54. The molecule has 0 radical (unpaired) electrons. The molecular formula is C13H20N2O2S. The van der Waals surface area contributed by atoms with E-state index in [2.05, 4.69) is 19.1 Å². The number of nitrogens with two attached hydrogens (primary N) is 1. The van der Waals surface area contributed by atoms with Gasteiger partial charge < -0.3 is 15.4 Å². The van der Waals surface area contributed by atoms with Crippen LogP contribution in [-0.4, -0.2) is 37.1 Å². The number of ether oxygens (including phenoxy) is 1. The molecule has 3 unspecified atom stereocenters. The molecule has 1 fully saturated rings. The van der Waals surface area contributed by atoms with Gasteiger partial charge in [-0.1, -0.05) is 0 Å². The van der Waals surface area contributed by atoms with Gasteiger partial charge in [0.2, 0.25) is 5.91 Å². The summed E-state index contributed by atoms with van der Waals surface area (Å²) in [4.78, 5) is 16.6. The molecule has 2 heterocycles. The lowest BCUT2D eigenvalue weighted by atomic mass is 10.0. The van der Waals surface area contributed by atoms with Crippen molar-refractivity contribution in [1.29, 1.82) is 0 Å². The third kappa shape index (κ3) is 2.58. The normalized spacial score (nSPS) is 25.1. The van der Waals surface area contributed by atoms with Gasteiger partial charge in [0.25, 0.3) is 0 Å². The molecular weight excluding hydrogens is 248 g/mol. The molecule has 0 aromatic carbocycles. The molecule has 1 saturated heterocycles. The minimum absolute atomic E-state index is 0.0820. The van der Waals surface area contributed by atoms with Crippen LogP contribution in [0.25, 0.3) is 0 Å². The number of aryl methyl sites for hydroxylation is 1. The van der Waals surface area contributed by atoms with Crippen molar-refractivity contribution in [2.45, 2.75) is 25.9 Å². The second-order valence-corrected chi connectivity index (χ2v) is 6.20. The van der Waals surface area contributed by atoms with E-state index in [4.69, 9.17) is 10.5 Å². The van der Waals surface area contributed by atoms with Crippen LogP contribution >= 0.6 is 11.3 Å². The maximum Gasteiger partial charge on any atom is 0.229 e. The van der Waals surface area contributed by atoms with E-state index in [-0.39, 0.29) is 23.9 Å². The lowest BCUT2D eigenvalue weighted by Gasteiger charge is -2.27. The van der Waals surface area contributed by atoms with E-state index >= 15 is 0 Å². The Morgan fingerprint density at radius 2 is 2.28 bits per heavy atom. The van der Waals surface area contributed by atoms with Crippen LogP contribution in [0.3, 0.4) is 0 Å². The highest BCUT2D eigenvalue weighted by Crippen LogP contribution is 2.28. The van der Waals surface area contributed by atoms with Crippen LogP contribution in [0.15, 0.2) is 12.1 Å². The van der Waals surface area contributed by atoms with Gasteiger partial charge in [-0.05, 0) is 26.0 Å². The first-order chi connectivity index (χ1) is 8.50. The molecule has 100 valence electrons. The van der Waals surface area contributed by atoms with E-state index in [9.17, 15) is 4.79 Å². The van der Waals surface area contributed by atoms with Crippen LogP contribution in [-0.2, 0) is 9.53 Å². The minimum atomic E-state index is -0.196. The van der Waals surface area contributed by atoms with Gasteiger partial charge >= 0.3 is 0 Å². The summed E-state index contributed by atoms with van der Waals surface area (Å²) in [5, 5.41) is 0. The monoisotopic (exact) mass is 268 g/mol. The Morgan fingerprint density at radius 3 is 2.78 bits per heavy atom. The number of carbonyl (C=O) groups is 1. The summed E-state index contributed by atoms with van der Waals surface area (Å²) in [5.74, 6) is -0.114. The van der Waals surface area contributed by atoms with E-state index < -0.39 is 0 Å². The van der Waals surface area contributed by atoms with Gasteiger partial charge in [-0.3, -0.25) is 4.79 Å². The van der Waals surface area contributed by atoms with Crippen LogP contribution < -0.4 is 5.73 Å². The Bertz CT molecular complexity index is 432. The largest absolute Gasteiger partial charge is 0.379 e. The van der Waals surface area contributed by atoms with E-state index in [1.54, 1.807) is 16.2 Å². The second kappa shape index (κ2) is 5.38. The SMILES string of the molecule is Cc1ccc(C(C)N(C)C(=O)C2COCC2N)s1. The van der Waals surface area contributed by atoms with E-state index in [0.29, 0.717) is 13.2 Å². The highest BCUT2D eigenvalue weighted by atomic mass is 32.1. The Kier molecular flexibility index (Phi) is 4.04. The van der Waals surface area contributed by atoms with Gasteiger partial charge in [0, 0.05) is 22.8 Å². The molecule has 1 aliphatic heterocycles. The average Bonchev–Trinajstić information content (AvgIpc) is 2.95. The predicted octanol–water partition coefficient (Wildman–Crippen LogP) is 1.55. The molecule has 18 heavy (non-hydrogen) atoms. The summed E-state index contributed by atoms with van der Waals surface area (Å²) in [5.41, 5.74) is 5.89. The fourth-order valence-corrected chi connectivity index (χ4v) is 3.12. The van der Waals surface area contributed by atoms with Gasteiger partial charge in [0.15, 0.2) is 0 Å². The van der Waals surface area contributed by atoms with Gasteiger partial charge in [-0.25, -0.2) is 0 Å². The van der Waals surface area contributed by atoms with Crippen molar-refractivity contribution in [3.05, 3.63) is 21.9 Å². The summed E-state index contributed by atoms with van der Waals surface area (Å²) >= 11 is 1.73. The van der Waals surface area contributed by atoms with Crippen molar-refractivity contribution in [1.82, 2.24) is 4.90 Å². The highest BCUT2D eigenvalue weighted by Gasteiger charge is 2.34. The molecule has 0 spiro atoms. The van der Waals surface area contributed by atoms with Crippen molar-refractivity contribution < 1.29 is 9.53 Å². The maximum absolute atomic E-state index is 12.3. The lowest BCUT2D eigenvalue weighted by Crippen LogP contribution is -2.42. The van der Waals surface area contributed by atoms with Crippen LogP contribution in [0.5, 0.6) is 0 Å². The molecule has 4 nitrogen and oxygen atoms in total. The lowest BCUT2D eigenvalue weighted by molar-refractivity contribution is -0.136. The molecule has 2 N–H and O–H groups in total. The third-order valence-corrected chi connectivity index (χ3v) is 4.71. The van der Waals surface area contributed by atoms with Crippen molar-refractivity contribution in [2.24, 2.45) is 11.7 Å². The Balaban J connectivity index is 2.06. The number of hydrogen-bond acceptors (Lipinski definition) is 4. The number of hydrogen-bond donors (Lipinski definition) is 1. The number of carbonyl (C=O) groups excluding carboxylic acids is 1. The van der Waals surface area contributed by atoms with E-state index in [0.717, 1.165) is 0 Å². The fraction of sp³-hybridized carbons (Fsp3) is 0.615. The first-order valence-electron chi connectivity index (χ1n) is 6.17. The van der Waals surface area contributed by atoms with Crippen LogP contribution in [0.4, 0.5) is 0 Å². The van der Waals surface area contributed by atoms with Gasteiger partial charge in [-0.2, -0.15) is 0 Å². The fourth-order valence-electron chi connectivity index (χ4n) is 2.15. The topological polar surface area (TPSA) is 55.6 Å². The average molecular weight is 268 g/mol. The van der Waals surface area contributed by atoms with Crippen molar-refractivity contribution >= 4 is 17.2 Å². The van der Waals surface area contributed by atoms with Crippen molar-refractivity contribution in [3.63, 3.8) is 0 Å². The Labute approximate surface area is 112 Å². The molecule has 3 atom stereocenters. The number of thiophene rings is 1. The van der Waals surface area contributed by atoms with E-state index in [1.807, 2.05) is 14.0 Å². The Hall–Kier alpha value is -0.910. The number of rotatable bonds is 3.